The topological polar surface area (TPSA) is 123 Å². The SMILES string of the molecule is COc1nc2c(cc1C(=O)NC1CC(c3cc(=O)[nH]c(N)n3)C1)CCC2. The number of rotatable bonds is 4. The largest absolute Gasteiger partial charge is 0.480 e. The summed E-state index contributed by atoms with van der Waals surface area (Å²) in [5.74, 6) is 0.452. The molecule has 0 bridgehead atoms. The number of nitrogens with one attached hydrogen (secondary N) is 2. The van der Waals surface area contributed by atoms with Gasteiger partial charge in [-0.3, -0.25) is 14.6 Å². The fourth-order valence-electron chi connectivity index (χ4n) is 3.72. The van der Waals surface area contributed by atoms with Crippen LogP contribution in [-0.2, 0) is 12.8 Å². The Morgan fingerprint density at radius 1 is 1.31 bits per heavy atom. The monoisotopic (exact) mass is 355 g/mol. The predicted octanol–water partition coefficient (Wildman–Crippen LogP) is 0.920. The van der Waals surface area contributed by atoms with E-state index in [1.54, 1.807) is 0 Å². The molecule has 0 aromatic carbocycles. The molecule has 0 unspecified atom stereocenters. The van der Waals surface area contributed by atoms with E-state index >= 15 is 0 Å². The zero-order valence-corrected chi connectivity index (χ0v) is 14.5. The van der Waals surface area contributed by atoms with E-state index in [9.17, 15) is 9.59 Å². The molecule has 1 fully saturated rings. The molecule has 1 amide bonds. The van der Waals surface area contributed by atoms with E-state index in [1.807, 2.05) is 6.07 Å². The van der Waals surface area contributed by atoms with Crippen molar-refractivity contribution in [2.24, 2.45) is 0 Å². The Morgan fingerprint density at radius 2 is 2.12 bits per heavy atom. The van der Waals surface area contributed by atoms with E-state index < -0.39 is 0 Å². The Kier molecular flexibility index (Phi) is 4.10. The Morgan fingerprint density at radius 3 is 2.85 bits per heavy atom. The first-order valence-corrected chi connectivity index (χ1v) is 8.78. The summed E-state index contributed by atoms with van der Waals surface area (Å²) in [6.45, 7) is 0. The van der Waals surface area contributed by atoms with Crippen molar-refractivity contribution in [2.75, 3.05) is 12.8 Å². The van der Waals surface area contributed by atoms with Gasteiger partial charge in [0.25, 0.3) is 11.5 Å². The van der Waals surface area contributed by atoms with Crippen LogP contribution in [0.2, 0.25) is 0 Å². The standard InChI is InChI=1S/C18H21N5O3/c1-26-17-12(7-9-3-2-4-13(9)21-17)16(25)20-11-5-10(6-11)14-8-15(24)23-18(19)22-14/h7-8,10-11H,2-6H2,1H3,(H,20,25)(H3,19,22,23,24). The summed E-state index contributed by atoms with van der Waals surface area (Å²) in [4.78, 5) is 35.2. The van der Waals surface area contributed by atoms with Crippen LogP contribution in [0.1, 0.15) is 52.5 Å². The number of aromatic amines is 1. The van der Waals surface area contributed by atoms with E-state index in [1.165, 1.54) is 13.2 Å². The van der Waals surface area contributed by atoms with E-state index in [-0.39, 0.29) is 29.4 Å². The van der Waals surface area contributed by atoms with Crippen LogP contribution in [-0.4, -0.2) is 34.0 Å². The predicted molar refractivity (Wildman–Crippen MR) is 95.3 cm³/mol. The van der Waals surface area contributed by atoms with Crippen molar-refractivity contribution in [1.82, 2.24) is 20.3 Å². The molecular weight excluding hydrogens is 334 g/mol. The van der Waals surface area contributed by atoms with Gasteiger partial charge in [-0.05, 0) is 43.7 Å². The second-order valence-corrected chi connectivity index (χ2v) is 6.90. The summed E-state index contributed by atoms with van der Waals surface area (Å²) in [7, 11) is 1.53. The number of nitrogens with zero attached hydrogens (tertiary/aromatic N) is 2. The summed E-state index contributed by atoms with van der Waals surface area (Å²) in [5, 5.41) is 3.02. The highest BCUT2D eigenvalue weighted by molar-refractivity contribution is 5.97. The van der Waals surface area contributed by atoms with E-state index in [2.05, 4.69) is 20.3 Å². The first-order chi connectivity index (χ1) is 12.5. The van der Waals surface area contributed by atoms with E-state index in [0.717, 1.165) is 43.4 Å². The van der Waals surface area contributed by atoms with Gasteiger partial charge in [0.15, 0.2) is 0 Å². The summed E-state index contributed by atoms with van der Waals surface area (Å²) in [6.07, 6.45) is 4.40. The van der Waals surface area contributed by atoms with Crippen molar-refractivity contribution in [1.29, 1.82) is 0 Å². The number of fused-ring (bicyclic) bond motifs is 1. The number of methoxy groups -OCH3 is 1. The lowest BCUT2D eigenvalue weighted by molar-refractivity contribution is 0.0904. The molecule has 2 heterocycles. The minimum atomic E-state index is -0.256. The molecule has 8 heteroatoms. The van der Waals surface area contributed by atoms with Crippen LogP contribution in [0.25, 0.3) is 0 Å². The van der Waals surface area contributed by atoms with Crippen LogP contribution in [0.4, 0.5) is 5.95 Å². The van der Waals surface area contributed by atoms with Crippen molar-refractivity contribution < 1.29 is 9.53 Å². The van der Waals surface area contributed by atoms with Crippen molar-refractivity contribution in [3.63, 3.8) is 0 Å². The summed E-state index contributed by atoms with van der Waals surface area (Å²) in [5.41, 5.74) is 8.65. The number of anilines is 1. The number of carbonyl (C=O) groups excluding carboxylic acids is 1. The Hall–Kier alpha value is -2.90. The molecular formula is C18H21N5O3. The van der Waals surface area contributed by atoms with Crippen LogP contribution in [0.15, 0.2) is 16.9 Å². The number of hydrogen-bond donors (Lipinski definition) is 3. The number of aryl methyl sites for hydroxylation is 2. The van der Waals surface area contributed by atoms with E-state index in [0.29, 0.717) is 17.1 Å². The third-order valence-corrected chi connectivity index (χ3v) is 5.13. The molecule has 0 atom stereocenters. The molecule has 8 nitrogen and oxygen atoms in total. The lowest BCUT2D eigenvalue weighted by atomic mass is 9.78. The van der Waals surface area contributed by atoms with Crippen LogP contribution in [0, 0.1) is 0 Å². The number of ether oxygens (including phenoxy) is 1. The summed E-state index contributed by atoms with van der Waals surface area (Å²) < 4.78 is 5.31. The van der Waals surface area contributed by atoms with Gasteiger partial charge in [-0.2, -0.15) is 0 Å². The number of pyridine rings is 1. The molecule has 4 N–H and O–H groups in total. The molecule has 1 saturated carbocycles. The molecule has 26 heavy (non-hydrogen) atoms. The second kappa shape index (κ2) is 6.44. The van der Waals surface area contributed by atoms with Crippen LogP contribution in [0.5, 0.6) is 5.88 Å². The number of hydrogen-bond acceptors (Lipinski definition) is 6. The molecule has 0 radical (unpaired) electrons. The number of amides is 1. The smallest absolute Gasteiger partial charge is 0.256 e. The third-order valence-electron chi connectivity index (χ3n) is 5.13. The Bertz CT molecular complexity index is 918. The fourth-order valence-corrected chi connectivity index (χ4v) is 3.72. The fraction of sp³-hybridized carbons (Fsp3) is 0.444. The minimum absolute atomic E-state index is 0.0350. The number of nitrogen functional groups attached to an aromatic ring is 1. The van der Waals surface area contributed by atoms with Gasteiger partial charge in [-0.15, -0.1) is 0 Å². The Labute approximate surface area is 150 Å². The molecule has 136 valence electrons. The van der Waals surface area contributed by atoms with Crippen molar-refractivity contribution in [3.8, 4) is 5.88 Å². The van der Waals surface area contributed by atoms with Crippen LogP contribution in [0.3, 0.4) is 0 Å². The van der Waals surface area contributed by atoms with Gasteiger partial charge in [0.1, 0.15) is 5.56 Å². The molecule has 0 saturated heterocycles. The van der Waals surface area contributed by atoms with Gasteiger partial charge in [0, 0.05) is 23.7 Å². The average Bonchev–Trinajstić information content (AvgIpc) is 3.02. The van der Waals surface area contributed by atoms with Crippen molar-refractivity contribution in [3.05, 3.63) is 45.0 Å². The van der Waals surface area contributed by atoms with E-state index in [4.69, 9.17) is 10.5 Å². The van der Waals surface area contributed by atoms with Gasteiger partial charge in [0.2, 0.25) is 11.8 Å². The maximum atomic E-state index is 12.7. The van der Waals surface area contributed by atoms with Gasteiger partial charge < -0.3 is 15.8 Å². The number of H-pyrrole nitrogens is 1. The first-order valence-electron chi connectivity index (χ1n) is 8.78. The maximum absolute atomic E-state index is 12.7. The molecule has 2 aromatic heterocycles. The zero-order valence-electron chi connectivity index (χ0n) is 14.5. The number of nitrogens with two attached hydrogens (primary N) is 1. The quantitative estimate of drug-likeness (QED) is 0.749. The number of aromatic nitrogens is 3. The highest BCUT2D eigenvalue weighted by Crippen LogP contribution is 2.36. The minimum Gasteiger partial charge on any atom is -0.480 e. The molecule has 4 rings (SSSR count). The van der Waals surface area contributed by atoms with Crippen molar-refractivity contribution in [2.45, 2.75) is 44.1 Å². The Balaban J connectivity index is 1.43. The highest BCUT2D eigenvalue weighted by Gasteiger charge is 2.34. The maximum Gasteiger partial charge on any atom is 0.256 e. The van der Waals surface area contributed by atoms with Gasteiger partial charge in [-0.1, -0.05) is 0 Å². The average molecular weight is 355 g/mol. The van der Waals surface area contributed by atoms with Gasteiger partial charge >= 0.3 is 0 Å². The zero-order chi connectivity index (χ0) is 18.3. The van der Waals surface area contributed by atoms with Crippen molar-refractivity contribution >= 4 is 11.9 Å². The number of carbonyl (C=O) groups is 1. The highest BCUT2D eigenvalue weighted by atomic mass is 16.5. The summed E-state index contributed by atoms with van der Waals surface area (Å²) >= 11 is 0. The summed E-state index contributed by atoms with van der Waals surface area (Å²) in [6, 6.07) is 3.40. The lowest BCUT2D eigenvalue weighted by Crippen LogP contribution is -2.44. The van der Waals surface area contributed by atoms with Crippen LogP contribution < -0.4 is 21.3 Å². The second-order valence-electron chi connectivity index (χ2n) is 6.90. The lowest BCUT2D eigenvalue weighted by Gasteiger charge is -2.35. The normalized spacial score (nSPS) is 21.0. The van der Waals surface area contributed by atoms with Gasteiger partial charge in [0.05, 0.1) is 12.8 Å². The van der Waals surface area contributed by atoms with Crippen LogP contribution >= 0.6 is 0 Å². The molecule has 2 aromatic rings. The molecule has 0 aliphatic heterocycles. The van der Waals surface area contributed by atoms with Gasteiger partial charge in [-0.25, -0.2) is 9.97 Å². The molecule has 2 aliphatic carbocycles. The first kappa shape index (κ1) is 16.6. The molecule has 0 spiro atoms. The molecule has 2 aliphatic rings. The third kappa shape index (κ3) is 3.02.